The van der Waals surface area contributed by atoms with Crippen molar-refractivity contribution in [2.24, 2.45) is 0 Å². The Labute approximate surface area is 96.8 Å². The van der Waals surface area contributed by atoms with Gasteiger partial charge in [-0.2, -0.15) is 0 Å². The van der Waals surface area contributed by atoms with E-state index in [2.05, 4.69) is 9.71 Å². The van der Waals surface area contributed by atoms with Crippen molar-refractivity contribution in [3.05, 3.63) is 23.4 Å². The Bertz CT molecular complexity index is 366. The van der Waals surface area contributed by atoms with E-state index in [0.717, 1.165) is 12.8 Å². The van der Waals surface area contributed by atoms with Crippen LogP contribution < -0.4 is 4.72 Å². The molecule has 0 spiro atoms. The van der Waals surface area contributed by atoms with Gasteiger partial charge in [0.15, 0.2) is 0 Å². The topological polar surface area (TPSA) is 42.0 Å². The van der Waals surface area contributed by atoms with E-state index in [4.69, 9.17) is 11.6 Å². The van der Waals surface area contributed by atoms with Crippen molar-refractivity contribution in [3.8, 4) is 0 Å². The van der Waals surface area contributed by atoms with Crippen molar-refractivity contribution in [2.45, 2.75) is 30.9 Å². The predicted molar refractivity (Wildman–Crippen MR) is 63.3 cm³/mol. The minimum absolute atomic E-state index is 0.269. The van der Waals surface area contributed by atoms with Crippen LogP contribution in [0.5, 0.6) is 0 Å². The van der Waals surface area contributed by atoms with Crippen molar-refractivity contribution in [1.82, 2.24) is 4.98 Å². The molecule has 0 aliphatic heterocycles. The lowest BCUT2D eigenvalue weighted by Crippen LogP contribution is -2.18. The van der Waals surface area contributed by atoms with E-state index >= 15 is 0 Å². The SMILES string of the molecule is O=S(Nc1cc(Cl)ccn1)C1CCCC1. The molecule has 15 heavy (non-hydrogen) atoms. The maximum Gasteiger partial charge on any atom is 0.139 e. The molecule has 1 atom stereocenters. The second-order valence-electron chi connectivity index (χ2n) is 3.67. The standard InChI is InChI=1S/C10H13ClN2OS/c11-8-5-6-12-10(7-8)13-15(14)9-3-1-2-4-9/h5-7,9H,1-4H2,(H,12,13). The van der Waals surface area contributed by atoms with Crippen LogP contribution >= 0.6 is 11.6 Å². The maximum atomic E-state index is 11.8. The Kier molecular flexibility index (Phi) is 3.59. The maximum absolute atomic E-state index is 11.8. The van der Waals surface area contributed by atoms with Crippen LogP contribution in [0.3, 0.4) is 0 Å². The Morgan fingerprint density at radius 1 is 1.47 bits per heavy atom. The van der Waals surface area contributed by atoms with E-state index < -0.39 is 11.0 Å². The molecular formula is C10H13ClN2OS. The van der Waals surface area contributed by atoms with E-state index in [1.54, 1.807) is 18.3 Å². The lowest BCUT2D eigenvalue weighted by atomic mass is 10.4. The van der Waals surface area contributed by atoms with Crippen molar-refractivity contribution in [3.63, 3.8) is 0 Å². The monoisotopic (exact) mass is 244 g/mol. The summed E-state index contributed by atoms with van der Waals surface area (Å²) < 4.78 is 14.7. The lowest BCUT2D eigenvalue weighted by Gasteiger charge is -2.10. The fraction of sp³-hybridized carbons (Fsp3) is 0.500. The average Bonchev–Trinajstić information content (AvgIpc) is 2.70. The molecule has 5 heteroatoms. The molecule has 1 fully saturated rings. The molecule has 82 valence electrons. The molecule has 1 N–H and O–H groups in total. The number of hydrogen-bond acceptors (Lipinski definition) is 2. The summed E-state index contributed by atoms with van der Waals surface area (Å²) in [6.45, 7) is 0. The number of halogens is 1. The largest absolute Gasteiger partial charge is 0.289 e. The number of anilines is 1. The Morgan fingerprint density at radius 3 is 2.87 bits per heavy atom. The molecule has 1 saturated carbocycles. The first kappa shape index (κ1) is 10.9. The Morgan fingerprint density at radius 2 is 2.20 bits per heavy atom. The number of aromatic nitrogens is 1. The van der Waals surface area contributed by atoms with Gasteiger partial charge in [-0.3, -0.25) is 4.72 Å². The molecule has 1 heterocycles. The van der Waals surface area contributed by atoms with Crippen LogP contribution in [0.15, 0.2) is 18.3 Å². The molecule has 0 bridgehead atoms. The number of nitrogens with zero attached hydrogens (tertiary/aromatic N) is 1. The summed E-state index contributed by atoms with van der Waals surface area (Å²) >= 11 is 5.81. The first-order valence-electron chi connectivity index (χ1n) is 5.04. The summed E-state index contributed by atoms with van der Waals surface area (Å²) in [5.41, 5.74) is 0. The van der Waals surface area contributed by atoms with Crippen LogP contribution in [0, 0.1) is 0 Å². The molecule has 1 unspecified atom stereocenters. The van der Waals surface area contributed by atoms with Gasteiger partial charge in [0.05, 0.1) is 5.25 Å². The fourth-order valence-electron chi connectivity index (χ4n) is 1.75. The van der Waals surface area contributed by atoms with E-state index in [0.29, 0.717) is 10.8 Å². The van der Waals surface area contributed by atoms with Crippen molar-refractivity contribution >= 4 is 28.4 Å². The quantitative estimate of drug-likeness (QED) is 0.889. The minimum atomic E-state index is -1.03. The van der Waals surface area contributed by atoms with E-state index in [-0.39, 0.29) is 5.25 Å². The van der Waals surface area contributed by atoms with Crippen molar-refractivity contribution in [2.75, 3.05) is 4.72 Å². The first-order valence-corrected chi connectivity index (χ1v) is 6.63. The van der Waals surface area contributed by atoms with Gasteiger partial charge < -0.3 is 0 Å². The van der Waals surface area contributed by atoms with Gasteiger partial charge in [0, 0.05) is 17.3 Å². The second kappa shape index (κ2) is 4.94. The summed E-state index contributed by atoms with van der Waals surface area (Å²) in [6, 6.07) is 3.39. The molecule has 0 saturated heterocycles. The summed E-state index contributed by atoms with van der Waals surface area (Å²) in [5.74, 6) is 0.590. The van der Waals surface area contributed by atoms with Gasteiger partial charge in [0.25, 0.3) is 0 Å². The molecule has 1 aromatic heterocycles. The number of pyridine rings is 1. The van der Waals surface area contributed by atoms with E-state index in [9.17, 15) is 4.21 Å². The molecule has 2 rings (SSSR count). The van der Waals surface area contributed by atoms with Crippen molar-refractivity contribution < 1.29 is 4.21 Å². The predicted octanol–water partition coefficient (Wildman–Crippen LogP) is 2.75. The highest BCUT2D eigenvalue weighted by Gasteiger charge is 2.21. The molecule has 0 amide bonds. The van der Waals surface area contributed by atoms with Crippen LogP contribution in [-0.4, -0.2) is 14.4 Å². The molecule has 0 aromatic carbocycles. The highest BCUT2D eigenvalue weighted by Crippen LogP contribution is 2.23. The second-order valence-corrected chi connectivity index (χ2v) is 5.57. The smallest absolute Gasteiger partial charge is 0.139 e. The Balaban J connectivity index is 1.99. The van der Waals surface area contributed by atoms with Gasteiger partial charge in [-0.1, -0.05) is 24.4 Å². The van der Waals surface area contributed by atoms with Gasteiger partial charge in [-0.05, 0) is 18.9 Å². The molecule has 1 aromatic rings. The third kappa shape index (κ3) is 2.92. The number of hydrogen-bond donors (Lipinski definition) is 1. The van der Waals surface area contributed by atoms with E-state index in [1.165, 1.54) is 12.8 Å². The third-order valence-corrected chi connectivity index (χ3v) is 4.25. The zero-order valence-corrected chi connectivity index (χ0v) is 9.85. The lowest BCUT2D eigenvalue weighted by molar-refractivity contribution is 0.673. The minimum Gasteiger partial charge on any atom is -0.289 e. The zero-order valence-electron chi connectivity index (χ0n) is 8.28. The number of rotatable bonds is 3. The Hall–Kier alpha value is -0.610. The molecular weight excluding hydrogens is 232 g/mol. The van der Waals surface area contributed by atoms with Gasteiger partial charge in [0.1, 0.15) is 16.8 Å². The van der Waals surface area contributed by atoms with Crippen molar-refractivity contribution in [1.29, 1.82) is 0 Å². The third-order valence-electron chi connectivity index (χ3n) is 2.53. The normalized spacial score (nSPS) is 19.0. The average molecular weight is 245 g/mol. The summed E-state index contributed by atoms with van der Waals surface area (Å²) in [6.07, 6.45) is 6.05. The number of nitrogens with one attached hydrogen (secondary N) is 1. The highest BCUT2D eigenvalue weighted by atomic mass is 35.5. The summed E-state index contributed by atoms with van der Waals surface area (Å²) in [4.78, 5) is 4.06. The van der Waals surface area contributed by atoms with Crippen LogP contribution in [-0.2, 0) is 11.0 Å². The highest BCUT2D eigenvalue weighted by molar-refractivity contribution is 7.87. The summed E-state index contributed by atoms with van der Waals surface area (Å²) in [7, 11) is -1.03. The molecule has 1 aliphatic rings. The van der Waals surface area contributed by atoms with Crippen LogP contribution in [0.1, 0.15) is 25.7 Å². The van der Waals surface area contributed by atoms with Gasteiger partial charge in [0.2, 0.25) is 0 Å². The fourth-order valence-corrected chi connectivity index (χ4v) is 3.16. The first-order chi connectivity index (χ1) is 7.25. The van der Waals surface area contributed by atoms with Gasteiger partial charge in [-0.15, -0.1) is 0 Å². The van der Waals surface area contributed by atoms with Gasteiger partial charge in [-0.25, -0.2) is 9.19 Å². The van der Waals surface area contributed by atoms with E-state index in [1.807, 2.05) is 0 Å². The molecule has 3 nitrogen and oxygen atoms in total. The van der Waals surface area contributed by atoms with Crippen LogP contribution in [0.25, 0.3) is 0 Å². The molecule has 0 radical (unpaired) electrons. The van der Waals surface area contributed by atoms with Crippen LogP contribution in [0.2, 0.25) is 5.02 Å². The van der Waals surface area contributed by atoms with Gasteiger partial charge >= 0.3 is 0 Å². The van der Waals surface area contributed by atoms with Crippen LogP contribution in [0.4, 0.5) is 5.82 Å². The molecule has 1 aliphatic carbocycles. The summed E-state index contributed by atoms with van der Waals surface area (Å²) in [5, 5.41) is 0.877. The zero-order chi connectivity index (χ0) is 10.7.